The van der Waals surface area contributed by atoms with E-state index in [0.29, 0.717) is 5.69 Å². The van der Waals surface area contributed by atoms with Crippen LogP contribution >= 0.6 is 0 Å². The third kappa shape index (κ3) is 4.17. The van der Waals surface area contributed by atoms with Crippen molar-refractivity contribution in [3.05, 3.63) is 46.8 Å². The summed E-state index contributed by atoms with van der Waals surface area (Å²) in [5.41, 5.74) is 0.482. The number of amides is 1. The topological polar surface area (TPSA) is 97.1 Å². The number of nitrogens with zero attached hydrogens (tertiary/aromatic N) is 3. The van der Waals surface area contributed by atoms with Gasteiger partial charge in [0.1, 0.15) is 17.7 Å². The Morgan fingerprint density at radius 3 is 2.56 bits per heavy atom. The molecule has 7 nitrogen and oxygen atoms in total. The highest BCUT2D eigenvalue weighted by atomic mass is 19.1. The van der Waals surface area contributed by atoms with Gasteiger partial charge in [0.05, 0.1) is 12.2 Å². The number of nitrogens with one attached hydrogen (secondary N) is 1. The SMILES string of the molecule is Cc1c(C(=O)N[C@@H](C(=O)O)C(C)C)nnn1Cc1ccc(F)cc1F. The smallest absolute Gasteiger partial charge is 0.326 e. The summed E-state index contributed by atoms with van der Waals surface area (Å²) in [6, 6.07) is 2.10. The fourth-order valence-corrected chi connectivity index (χ4v) is 2.25. The quantitative estimate of drug-likeness (QED) is 0.826. The molecule has 0 unspecified atom stereocenters. The van der Waals surface area contributed by atoms with Gasteiger partial charge in [-0.2, -0.15) is 0 Å². The fourth-order valence-electron chi connectivity index (χ4n) is 2.25. The predicted molar refractivity (Wildman–Crippen MR) is 83.9 cm³/mol. The molecule has 0 aliphatic rings. The molecular formula is C16H18F2N4O3. The number of carboxylic acid groups (broad SMARTS) is 1. The van der Waals surface area contributed by atoms with Crippen molar-refractivity contribution in [2.75, 3.05) is 0 Å². The number of hydrogen-bond donors (Lipinski definition) is 2. The lowest BCUT2D eigenvalue weighted by Gasteiger charge is -2.17. The molecule has 0 fully saturated rings. The Bertz CT molecular complexity index is 805. The van der Waals surface area contributed by atoms with Crippen LogP contribution in [0, 0.1) is 24.5 Å². The molecule has 2 rings (SSSR count). The number of carboxylic acids is 1. The van der Waals surface area contributed by atoms with Crippen molar-refractivity contribution < 1.29 is 23.5 Å². The average Bonchev–Trinajstić information content (AvgIpc) is 2.88. The van der Waals surface area contributed by atoms with Crippen molar-refractivity contribution >= 4 is 11.9 Å². The summed E-state index contributed by atoms with van der Waals surface area (Å²) >= 11 is 0. The minimum absolute atomic E-state index is 0.0369. The molecule has 1 atom stereocenters. The summed E-state index contributed by atoms with van der Waals surface area (Å²) in [7, 11) is 0. The van der Waals surface area contributed by atoms with E-state index in [4.69, 9.17) is 5.11 Å². The summed E-state index contributed by atoms with van der Waals surface area (Å²) in [6.45, 7) is 4.85. The van der Waals surface area contributed by atoms with Crippen LogP contribution in [0.2, 0.25) is 0 Å². The average molecular weight is 352 g/mol. The first-order valence-corrected chi connectivity index (χ1v) is 7.58. The summed E-state index contributed by atoms with van der Waals surface area (Å²) in [6.07, 6.45) is 0. The summed E-state index contributed by atoms with van der Waals surface area (Å²) in [4.78, 5) is 23.4. The molecule has 9 heteroatoms. The molecule has 0 spiro atoms. The van der Waals surface area contributed by atoms with Gasteiger partial charge in [-0.25, -0.2) is 18.3 Å². The van der Waals surface area contributed by atoms with E-state index in [1.54, 1.807) is 20.8 Å². The Labute approximate surface area is 142 Å². The van der Waals surface area contributed by atoms with E-state index in [-0.39, 0.29) is 23.7 Å². The largest absolute Gasteiger partial charge is 0.480 e. The van der Waals surface area contributed by atoms with E-state index in [9.17, 15) is 18.4 Å². The monoisotopic (exact) mass is 352 g/mol. The lowest BCUT2D eigenvalue weighted by molar-refractivity contribution is -0.140. The number of halogens is 2. The number of hydrogen-bond acceptors (Lipinski definition) is 4. The number of carbonyl (C=O) groups is 2. The molecule has 1 heterocycles. The van der Waals surface area contributed by atoms with Crippen LogP contribution in [0.1, 0.15) is 35.6 Å². The number of rotatable bonds is 6. The maximum Gasteiger partial charge on any atom is 0.326 e. The fraction of sp³-hybridized carbons (Fsp3) is 0.375. The van der Waals surface area contributed by atoms with Crippen LogP contribution < -0.4 is 5.32 Å². The van der Waals surface area contributed by atoms with Crippen LogP contribution in [0.3, 0.4) is 0 Å². The summed E-state index contributed by atoms with van der Waals surface area (Å²) in [5, 5.41) is 19.1. The van der Waals surface area contributed by atoms with E-state index in [1.807, 2.05) is 0 Å². The highest BCUT2D eigenvalue weighted by molar-refractivity contribution is 5.95. The van der Waals surface area contributed by atoms with Gasteiger partial charge >= 0.3 is 5.97 Å². The Kier molecular flexibility index (Phi) is 5.45. The lowest BCUT2D eigenvalue weighted by atomic mass is 10.0. The number of carbonyl (C=O) groups excluding carboxylic acids is 1. The molecular weight excluding hydrogens is 334 g/mol. The Balaban J connectivity index is 2.20. The van der Waals surface area contributed by atoms with E-state index < -0.39 is 29.6 Å². The molecule has 1 amide bonds. The van der Waals surface area contributed by atoms with E-state index in [0.717, 1.165) is 12.1 Å². The molecule has 0 radical (unpaired) electrons. The van der Waals surface area contributed by atoms with Crippen molar-refractivity contribution in [2.45, 2.75) is 33.4 Å². The predicted octanol–water partition coefficient (Wildman–Crippen LogP) is 1.75. The second-order valence-electron chi connectivity index (χ2n) is 5.95. The zero-order valence-electron chi connectivity index (χ0n) is 14.0. The Hall–Kier alpha value is -2.84. The normalized spacial score (nSPS) is 12.2. The van der Waals surface area contributed by atoms with Crippen molar-refractivity contribution in [3.8, 4) is 0 Å². The molecule has 2 N–H and O–H groups in total. The van der Waals surface area contributed by atoms with Crippen molar-refractivity contribution in [3.63, 3.8) is 0 Å². The standard InChI is InChI=1S/C16H18F2N4O3/c1-8(2)13(16(24)25)19-15(23)14-9(3)22(21-20-14)7-10-4-5-11(17)6-12(10)18/h4-6,8,13H,7H2,1-3H3,(H,19,23)(H,24,25)/t13-/m1/s1. The highest BCUT2D eigenvalue weighted by Gasteiger charge is 2.26. The van der Waals surface area contributed by atoms with Gasteiger partial charge in [-0.05, 0) is 18.9 Å². The van der Waals surface area contributed by atoms with Crippen molar-refractivity contribution in [1.82, 2.24) is 20.3 Å². The molecule has 1 aromatic heterocycles. The lowest BCUT2D eigenvalue weighted by Crippen LogP contribution is -2.44. The maximum absolute atomic E-state index is 13.7. The second-order valence-corrected chi connectivity index (χ2v) is 5.95. The minimum atomic E-state index is -1.15. The molecule has 1 aromatic carbocycles. The van der Waals surface area contributed by atoms with Gasteiger partial charge in [-0.15, -0.1) is 5.10 Å². The van der Waals surface area contributed by atoms with E-state index >= 15 is 0 Å². The van der Waals surface area contributed by atoms with Gasteiger partial charge in [-0.3, -0.25) is 4.79 Å². The molecule has 0 saturated heterocycles. The van der Waals surface area contributed by atoms with Gasteiger partial charge in [0.25, 0.3) is 5.91 Å². The van der Waals surface area contributed by atoms with E-state index in [1.165, 1.54) is 10.7 Å². The van der Waals surface area contributed by atoms with Gasteiger partial charge < -0.3 is 10.4 Å². The van der Waals surface area contributed by atoms with Crippen LogP contribution in [-0.2, 0) is 11.3 Å². The number of aromatic nitrogens is 3. The van der Waals surface area contributed by atoms with Crippen LogP contribution in [-0.4, -0.2) is 38.0 Å². The first-order valence-electron chi connectivity index (χ1n) is 7.58. The van der Waals surface area contributed by atoms with Crippen LogP contribution in [0.25, 0.3) is 0 Å². The van der Waals surface area contributed by atoms with E-state index in [2.05, 4.69) is 15.6 Å². The van der Waals surface area contributed by atoms with Crippen LogP contribution in [0.4, 0.5) is 8.78 Å². The van der Waals surface area contributed by atoms with Crippen molar-refractivity contribution in [1.29, 1.82) is 0 Å². The van der Waals surface area contributed by atoms with Gasteiger partial charge in [0.15, 0.2) is 5.69 Å². The summed E-state index contributed by atoms with van der Waals surface area (Å²) in [5.74, 6) is -3.56. The molecule has 25 heavy (non-hydrogen) atoms. The molecule has 0 saturated carbocycles. The van der Waals surface area contributed by atoms with Crippen molar-refractivity contribution in [2.24, 2.45) is 5.92 Å². The molecule has 2 aromatic rings. The minimum Gasteiger partial charge on any atom is -0.480 e. The molecule has 0 bridgehead atoms. The van der Waals surface area contributed by atoms with Gasteiger partial charge in [-0.1, -0.05) is 25.1 Å². The Morgan fingerprint density at radius 1 is 1.32 bits per heavy atom. The van der Waals surface area contributed by atoms with Crippen LogP contribution in [0.15, 0.2) is 18.2 Å². The number of benzene rings is 1. The van der Waals surface area contributed by atoms with Gasteiger partial charge in [0.2, 0.25) is 0 Å². The maximum atomic E-state index is 13.7. The zero-order valence-corrected chi connectivity index (χ0v) is 14.0. The third-order valence-corrected chi connectivity index (χ3v) is 3.75. The third-order valence-electron chi connectivity index (χ3n) is 3.75. The first kappa shape index (κ1) is 18.5. The van der Waals surface area contributed by atoms with Crippen LogP contribution in [0.5, 0.6) is 0 Å². The molecule has 0 aliphatic heterocycles. The zero-order chi connectivity index (χ0) is 18.7. The number of aliphatic carboxylic acids is 1. The summed E-state index contributed by atoms with van der Waals surface area (Å²) < 4.78 is 28.0. The molecule has 134 valence electrons. The van der Waals surface area contributed by atoms with Gasteiger partial charge in [0, 0.05) is 11.6 Å². The Morgan fingerprint density at radius 2 is 2.00 bits per heavy atom. The molecule has 0 aliphatic carbocycles. The first-order chi connectivity index (χ1) is 11.7. The second kappa shape index (κ2) is 7.37. The highest BCUT2D eigenvalue weighted by Crippen LogP contribution is 2.13.